The highest BCUT2D eigenvalue weighted by molar-refractivity contribution is 5.79. The van der Waals surface area contributed by atoms with E-state index in [1.165, 1.54) is 31.2 Å². The molecule has 1 aliphatic carbocycles. The number of benzene rings is 1. The molecule has 1 aliphatic rings. The summed E-state index contributed by atoms with van der Waals surface area (Å²) in [5, 5.41) is 7.00. The second-order valence-corrected chi connectivity index (χ2v) is 8.23. The highest BCUT2D eigenvalue weighted by atomic mass is 16.5. The standard InChI is InChI=1S/C23H40N4O2/c1-5-28-15-13-23(11-6-7-12-23)19-26-22(24-2)25-18-20-9-8-10-21(17-20)29-16-14-27(3)4/h8-10,17H,5-7,11-16,18-19H2,1-4H3,(H2,24,25,26). The van der Waals surface area contributed by atoms with Gasteiger partial charge in [0.1, 0.15) is 12.4 Å². The normalized spacial score (nSPS) is 16.2. The minimum absolute atomic E-state index is 0.340. The number of nitrogens with zero attached hydrogens (tertiary/aromatic N) is 2. The van der Waals surface area contributed by atoms with Gasteiger partial charge < -0.3 is 25.0 Å². The van der Waals surface area contributed by atoms with Gasteiger partial charge in [-0.25, -0.2) is 0 Å². The summed E-state index contributed by atoms with van der Waals surface area (Å²) in [5.74, 6) is 1.77. The van der Waals surface area contributed by atoms with Gasteiger partial charge in [-0.05, 0) is 63.4 Å². The first-order chi connectivity index (χ1) is 14.1. The van der Waals surface area contributed by atoms with Gasteiger partial charge >= 0.3 is 0 Å². The van der Waals surface area contributed by atoms with Crippen LogP contribution < -0.4 is 15.4 Å². The summed E-state index contributed by atoms with van der Waals surface area (Å²) in [6, 6.07) is 8.25. The average Bonchev–Trinajstić information content (AvgIpc) is 3.17. The third-order valence-corrected chi connectivity index (χ3v) is 5.67. The first-order valence-electron chi connectivity index (χ1n) is 11.0. The van der Waals surface area contributed by atoms with Gasteiger partial charge in [-0.2, -0.15) is 0 Å². The van der Waals surface area contributed by atoms with E-state index in [1.54, 1.807) is 0 Å². The largest absolute Gasteiger partial charge is 0.492 e. The predicted octanol–water partition coefficient (Wildman–Crippen LogP) is 3.28. The van der Waals surface area contributed by atoms with Crippen molar-refractivity contribution in [2.75, 3.05) is 54.1 Å². The van der Waals surface area contributed by atoms with Gasteiger partial charge in [0, 0.05) is 39.9 Å². The van der Waals surface area contributed by atoms with Gasteiger partial charge in [-0.3, -0.25) is 4.99 Å². The van der Waals surface area contributed by atoms with E-state index in [2.05, 4.69) is 53.7 Å². The molecule has 0 aromatic heterocycles. The Labute approximate surface area is 177 Å². The maximum absolute atomic E-state index is 5.84. The minimum Gasteiger partial charge on any atom is -0.492 e. The van der Waals surface area contributed by atoms with E-state index in [4.69, 9.17) is 9.47 Å². The highest BCUT2D eigenvalue weighted by Crippen LogP contribution is 2.40. The Kier molecular flexibility index (Phi) is 10.3. The van der Waals surface area contributed by atoms with Gasteiger partial charge in [0.05, 0.1) is 0 Å². The maximum atomic E-state index is 5.84. The van der Waals surface area contributed by atoms with Crippen LogP contribution in [0.4, 0.5) is 0 Å². The second-order valence-electron chi connectivity index (χ2n) is 8.23. The number of hydrogen-bond acceptors (Lipinski definition) is 4. The van der Waals surface area contributed by atoms with Crippen LogP contribution in [0.2, 0.25) is 0 Å². The Balaban J connectivity index is 1.81. The molecule has 0 spiro atoms. The molecule has 2 rings (SSSR count). The van der Waals surface area contributed by atoms with E-state index in [1.807, 2.05) is 19.2 Å². The molecular formula is C23H40N4O2. The number of aliphatic imine (C=N–C) groups is 1. The van der Waals surface area contributed by atoms with E-state index in [9.17, 15) is 0 Å². The molecular weight excluding hydrogens is 364 g/mol. The Hall–Kier alpha value is -1.79. The lowest BCUT2D eigenvalue weighted by molar-refractivity contribution is 0.105. The Bertz CT molecular complexity index is 613. The second kappa shape index (κ2) is 12.7. The van der Waals surface area contributed by atoms with Crippen molar-refractivity contribution in [3.05, 3.63) is 29.8 Å². The number of hydrogen-bond donors (Lipinski definition) is 2. The fourth-order valence-corrected chi connectivity index (χ4v) is 3.84. The zero-order valence-electron chi connectivity index (χ0n) is 18.8. The third kappa shape index (κ3) is 8.62. The summed E-state index contributed by atoms with van der Waals surface area (Å²) in [7, 11) is 5.93. The maximum Gasteiger partial charge on any atom is 0.191 e. The van der Waals surface area contributed by atoms with Crippen molar-refractivity contribution in [2.24, 2.45) is 10.4 Å². The summed E-state index contributed by atoms with van der Waals surface area (Å²) in [6.45, 7) is 6.98. The zero-order valence-corrected chi connectivity index (χ0v) is 18.8. The van der Waals surface area contributed by atoms with Gasteiger partial charge in [0.25, 0.3) is 0 Å². The highest BCUT2D eigenvalue weighted by Gasteiger charge is 2.33. The zero-order chi connectivity index (χ0) is 21.0. The van der Waals surface area contributed by atoms with E-state index in [0.29, 0.717) is 12.0 Å². The number of likely N-dealkylation sites (N-methyl/N-ethyl adjacent to an activating group) is 1. The molecule has 0 aliphatic heterocycles. The van der Waals surface area contributed by atoms with Crippen LogP contribution in [0.25, 0.3) is 0 Å². The molecule has 0 radical (unpaired) electrons. The molecule has 1 fully saturated rings. The summed E-state index contributed by atoms with van der Waals surface area (Å²) >= 11 is 0. The van der Waals surface area contributed by atoms with E-state index < -0.39 is 0 Å². The fraction of sp³-hybridized carbons (Fsp3) is 0.696. The number of guanidine groups is 1. The van der Waals surface area contributed by atoms with Crippen LogP contribution >= 0.6 is 0 Å². The Morgan fingerprint density at radius 3 is 2.66 bits per heavy atom. The first kappa shape index (κ1) is 23.5. The van der Waals surface area contributed by atoms with Crippen LogP contribution in [0.1, 0.15) is 44.6 Å². The Morgan fingerprint density at radius 2 is 1.97 bits per heavy atom. The summed E-state index contributed by atoms with van der Waals surface area (Å²) in [5.41, 5.74) is 1.52. The van der Waals surface area contributed by atoms with Crippen LogP contribution in [0.15, 0.2) is 29.3 Å². The van der Waals surface area contributed by atoms with Crippen molar-refractivity contribution in [2.45, 2.75) is 45.6 Å². The molecule has 0 saturated heterocycles. The lowest BCUT2D eigenvalue weighted by Gasteiger charge is -2.30. The molecule has 2 N–H and O–H groups in total. The quantitative estimate of drug-likeness (QED) is 0.318. The van der Waals surface area contributed by atoms with E-state index >= 15 is 0 Å². The topological polar surface area (TPSA) is 58.1 Å². The van der Waals surface area contributed by atoms with Crippen molar-refractivity contribution in [1.82, 2.24) is 15.5 Å². The van der Waals surface area contributed by atoms with Crippen molar-refractivity contribution in [1.29, 1.82) is 0 Å². The van der Waals surface area contributed by atoms with Gasteiger partial charge in [0.15, 0.2) is 5.96 Å². The van der Waals surface area contributed by atoms with Crippen LogP contribution in [-0.2, 0) is 11.3 Å². The first-order valence-corrected chi connectivity index (χ1v) is 11.0. The van der Waals surface area contributed by atoms with Crippen molar-refractivity contribution >= 4 is 5.96 Å². The van der Waals surface area contributed by atoms with E-state index in [0.717, 1.165) is 51.0 Å². The molecule has 6 heteroatoms. The fourth-order valence-electron chi connectivity index (χ4n) is 3.84. The molecule has 1 saturated carbocycles. The average molecular weight is 405 g/mol. The summed E-state index contributed by atoms with van der Waals surface area (Å²) < 4.78 is 11.5. The number of ether oxygens (including phenoxy) is 2. The molecule has 29 heavy (non-hydrogen) atoms. The summed E-state index contributed by atoms with van der Waals surface area (Å²) in [6.07, 6.45) is 6.31. The van der Waals surface area contributed by atoms with Crippen molar-refractivity contribution in [3.63, 3.8) is 0 Å². The molecule has 1 aromatic carbocycles. The molecule has 0 heterocycles. The lowest BCUT2D eigenvalue weighted by atomic mass is 9.83. The molecule has 0 amide bonds. The van der Waals surface area contributed by atoms with Crippen LogP contribution in [0.5, 0.6) is 5.75 Å². The van der Waals surface area contributed by atoms with Crippen LogP contribution in [0, 0.1) is 5.41 Å². The summed E-state index contributed by atoms with van der Waals surface area (Å²) in [4.78, 5) is 6.53. The minimum atomic E-state index is 0.340. The SMILES string of the molecule is CCOCCC1(CNC(=NC)NCc2cccc(OCCN(C)C)c2)CCCC1. The van der Waals surface area contributed by atoms with Gasteiger partial charge in [-0.15, -0.1) is 0 Å². The van der Waals surface area contributed by atoms with Crippen LogP contribution in [-0.4, -0.2) is 64.9 Å². The number of rotatable bonds is 12. The van der Waals surface area contributed by atoms with Crippen LogP contribution in [0.3, 0.4) is 0 Å². The molecule has 0 unspecified atom stereocenters. The number of nitrogens with one attached hydrogen (secondary N) is 2. The monoisotopic (exact) mass is 404 g/mol. The van der Waals surface area contributed by atoms with Gasteiger partial charge in [-0.1, -0.05) is 25.0 Å². The molecule has 0 atom stereocenters. The van der Waals surface area contributed by atoms with Gasteiger partial charge in [0.2, 0.25) is 0 Å². The van der Waals surface area contributed by atoms with Crippen molar-refractivity contribution in [3.8, 4) is 5.75 Å². The molecule has 0 bridgehead atoms. The molecule has 6 nitrogen and oxygen atoms in total. The smallest absolute Gasteiger partial charge is 0.191 e. The van der Waals surface area contributed by atoms with E-state index in [-0.39, 0.29) is 0 Å². The Morgan fingerprint density at radius 1 is 1.17 bits per heavy atom. The van der Waals surface area contributed by atoms with Crippen molar-refractivity contribution < 1.29 is 9.47 Å². The predicted molar refractivity (Wildman–Crippen MR) is 121 cm³/mol. The molecule has 1 aromatic rings. The molecule has 164 valence electrons. The lowest BCUT2D eigenvalue weighted by Crippen LogP contribution is -2.43. The third-order valence-electron chi connectivity index (χ3n) is 5.67.